The molecule has 2 aromatic carbocycles. The second kappa shape index (κ2) is 10.3. The zero-order chi connectivity index (χ0) is 27.7. The number of hydrogen-bond donors (Lipinski definition) is 2. The van der Waals surface area contributed by atoms with Crippen molar-refractivity contribution in [3.8, 4) is 11.4 Å². The maximum Gasteiger partial charge on any atom is 0.420 e. The summed E-state index contributed by atoms with van der Waals surface area (Å²) >= 11 is 0. The number of aromatic nitrogens is 2. The normalized spacial score (nSPS) is 12.9. The van der Waals surface area contributed by atoms with Crippen molar-refractivity contribution in [2.24, 2.45) is 0 Å². The number of ether oxygens (including phenoxy) is 1. The van der Waals surface area contributed by atoms with Crippen molar-refractivity contribution in [1.82, 2.24) is 9.13 Å². The standard InChI is InChI=1S/C22H18F7N3O5/c1-30(14-4-2-13(23)3-5-14)20(36)37-18-16(22(27,28)29)8-12(21(24,25)26)9-17(18)32-7-6-31(19(32)35)10-15(34)11-33/h2-9,15,33-34H,10-11H2,1H3. The number of aliphatic hydroxyl groups excluding tert-OH is 2. The summed E-state index contributed by atoms with van der Waals surface area (Å²) in [5, 5.41) is 18.5. The molecule has 1 amide bonds. The molecule has 15 heteroatoms. The summed E-state index contributed by atoms with van der Waals surface area (Å²) in [5.41, 5.74) is -6.05. The first-order valence-corrected chi connectivity index (χ1v) is 10.2. The van der Waals surface area contributed by atoms with Crippen molar-refractivity contribution >= 4 is 11.8 Å². The molecule has 0 radical (unpaired) electrons. The van der Waals surface area contributed by atoms with Crippen LogP contribution in [0.15, 0.2) is 53.6 Å². The fourth-order valence-corrected chi connectivity index (χ4v) is 3.22. The van der Waals surface area contributed by atoms with Gasteiger partial charge in [-0.25, -0.2) is 14.0 Å². The highest BCUT2D eigenvalue weighted by Crippen LogP contribution is 2.44. The van der Waals surface area contributed by atoms with Crippen LogP contribution in [0.5, 0.6) is 5.75 Å². The molecule has 0 aliphatic carbocycles. The zero-order valence-electron chi connectivity index (χ0n) is 18.7. The third-order valence-corrected chi connectivity index (χ3v) is 5.10. The highest BCUT2D eigenvalue weighted by molar-refractivity contribution is 5.89. The molecule has 0 spiro atoms. The van der Waals surface area contributed by atoms with Gasteiger partial charge in [-0.3, -0.25) is 14.0 Å². The average Bonchev–Trinajstić information content (AvgIpc) is 3.17. The van der Waals surface area contributed by atoms with Crippen molar-refractivity contribution in [2.75, 3.05) is 18.6 Å². The number of benzene rings is 2. The fourth-order valence-electron chi connectivity index (χ4n) is 3.22. The van der Waals surface area contributed by atoms with Gasteiger partial charge in [0, 0.05) is 25.1 Å². The average molecular weight is 537 g/mol. The Morgan fingerprint density at radius 1 is 1.05 bits per heavy atom. The van der Waals surface area contributed by atoms with Crippen molar-refractivity contribution in [1.29, 1.82) is 0 Å². The molecule has 0 saturated carbocycles. The number of rotatable bonds is 6. The van der Waals surface area contributed by atoms with E-state index in [0.717, 1.165) is 48.3 Å². The summed E-state index contributed by atoms with van der Waals surface area (Å²) in [6.07, 6.45) is -11.9. The first kappa shape index (κ1) is 27.7. The summed E-state index contributed by atoms with van der Waals surface area (Å²) in [6, 6.07) is 4.04. The third-order valence-electron chi connectivity index (χ3n) is 5.10. The van der Waals surface area contributed by atoms with Gasteiger partial charge in [0.1, 0.15) is 11.4 Å². The molecular weight excluding hydrogens is 519 g/mol. The Kier molecular flexibility index (Phi) is 7.69. The molecule has 0 saturated heterocycles. The molecule has 1 heterocycles. The first-order chi connectivity index (χ1) is 17.1. The van der Waals surface area contributed by atoms with Gasteiger partial charge in [0.15, 0.2) is 5.75 Å². The summed E-state index contributed by atoms with van der Waals surface area (Å²) in [4.78, 5) is 26.1. The summed E-state index contributed by atoms with van der Waals surface area (Å²) < 4.78 is 101. The monoisotopic (exact) mass is 537 g/mol. The highest BCUT2D eigenvalue weighted by Gasteiger charge is 2.42. The Morgan fingerprint density at radius 2 is 1.68 bits per heavy atom. The van der Waals surface area contributed by atoms with Crippen LogP contribution in [0.2, 0.25) is 0 Å². The van der Waals surface area contributed by atoms with Crippen LogP contribution in [-0.2, 0) is 18.9 Å². The van der Waals surface area contributed by atoms with Gasteiger partial charge < -0.3 is 14.9 Å². The van der Waals surface area contributed by atoms with E-state index in [4.69, 9.17) is 9.84 Å². The molecule has 1 unspecified atom stereocenters. The van der Waals surface area contributed by atoms with Crippen LogP contribution in [0.1, 0.15) is 11.1 Å². The maximum atomic E-state index is 13.9. The third kappa shape index (κ3) is 6.11. The summed E-state index contributed by atoms with van der Waals surface area (Å²) in [6.45, 7) is -1.31. The number of hydrogen-bond acceptors (Lipinski definition) is 5. The van der Waals surface area contributed by atoms with E-state index >= 15 is 0 Å². The maximum absolute atomic E-state index is 13.9. The lowest BCUT2D eigenvalue weighted by atomic mass is 10.1. The van der Waals surface area contributed by atoms with Crippen LogP contribution in [0.25, 0.3) is 5.69 Å². The number of imidazole rings is 1. The number of anilines is 1. The van der Waals surface area contributed by atoms with Crippen molar-refractivity contribution < 1.29 is 50.5 Å². The van der Waals surface area contributed by atoms with E-state index in [1.165, 1.54) is 0 Å². The van der Waals surface area contributed by atoms with Crippen molar-refractivity contribution in [3.05, 3.63) is 76.2 Å². The number of amides is 1. The Labute approximate surface area is 203 Å². The van der Waals surface area contributed by atoms with E-state index in [-0.39, 0.29) is 17.8 Å². The van der Waals surface area contributed by atoms with E-state index in [0.29, 0.717) is 9.47 Å². The van der Waals surface area contributed by atoms with Crippen LogP contribution < -0.4 is 15.3 Å². The van der Waals surface area contributed by atoms with Crippen LogP contribution >= 0.6 is 0 Å². The van der Waals surface area contributed by atoms with Gasteiger partial charge in [-0.15, -0.1) is 0 Å². The molecule has 3 rings (SSSR count). The van der Waals surface area contributed by atoms with E-state index in [9.17, 15) is 45.4 Å². The number of carbonyl (C=O) groups excluding carboxylic acids is 1. The number of alkyl halides is 6. The molecule has 0 fully saturated rings. The van der Waals surface area contributed by atoms with E-state index < -0.39 is 71.8 Å². The quantitative estimate of drug-likeness (QED) is 0.467. The molecule has 0 aliphatic rings. The van der Waals surface area contributed by atoms with Gasteiger partial charge >= 0.3 is 24.1 Å². The molecule has 0 aliphatic heterocycles. The zero-order valence-corrected chi connectivity index (χ0v) is 18.7. The Hall–Kier alpha value is -3.85. The predicted molar refractivity (Wildman–Crippen MR) is 114 cm³/mol. The SMILES string of the molecule is CN(C(=O)Oc1c(-n2ccn(CC(O)CO)c2=O)cc(C(F)(F)F)cc1C(F)(F)F)c1ccc(F)cc1. The molecule has 8 nitrogen and oxygen atoms in total. The summed E-state index contributed by atoms with van der Waals surface area (Å²) in [7, 11) is 1.06. The first-order valence-electron chi connectivity index (χ1n) is 10.2. The minimum absolute atomic E-state index is 0.0188. The lowest BCUT2D eigenvalue weighted by Crippen LogP contribution is -2.32. The minimum atomic E-state index is -5.46. The number of carbonyl (C=O) groups is 1. The predicted octanol–water partition coefficient (Wildman–Crippen LogP) is 3.80. The molecule has 200 valence electrons. The molecule has 37 heavy (non-hydrogen) atoms. The van der Waals surface area contributed by atoms with Gasteiger partial charge in [-0.2, -0.15) is 26.3 Å². The second-order valence-corrected chi connectivity index (χ2v) is 7.71. The number of aliphatic hydroxyl groups is 2. The lowest BCUT2D eigenvalue weighted by Gasteiger charge is -2.22. The molecule has 2 N–H and O–H groups in total. The number of halogens is 7. The highest BCUT2D eigenvalue weighted by atomic mass is 19.4. The summed E-state index contributed by atoms with van der Waals surface area (Å²) in [5.74, 6) is -2.08. The van der Waals surface area contributed by atoms with E-state index in [2.05, 4.69) is 0 Å². The Balaban J connectivity index is 2.21. The van der Waals surface area contributed by atoms with Gasteiger partial charge in [0.2, 0.25) is 0 Å². The van der Waals surface area contributed by atoms with Crippen LogP contribution in [-0.4, -0.2) is 45.2 Å². The van der Waals surface area contributed by atoms with Crippen LogP contribution in [0.3, 0.4) is 0 Å². The number of nitrogens with zero attached hydrogens (tertiary/aromatic N) is 3. The minimum Gasteiger partial charge on any atom is -0.407 e. The van der Waals surface area contributed by atoms with E-state index in [1.54, 1.807) is 0 Å². The van der Waals surface area contributed by atoms with Crippen molar-refractivity contribution in [2.45, 2.75) is 25.0 Å². The second-order valence-electron chi connectivity index (χ2n) is 7.71. The fraction of sp³-hybridized carbons (Fsp3) is 0.273. The van der Waals surface area contributed by atoms with E-state index in [1.807, 2.05) is 0 Å². The molecule has 1 atom stereocenters. The van der Waals surface area contributed by atoms with Gasteiger partial charge in [0.25, 0.3) is 0 Å². The largest absolute Gasteiger partial charge is 0.420 e. The van der Waals surface area contributed by atoms with Crippen molar-refractivity contribution in [3.63, 3.8) is 0 Å². The Morgan fingerprint density at radius 3 is 2.22 bits per heavy atom. The molecule has 1 aromatic heterocycles. The topological polar surface area (TPSA) is 96.9 Å². The van der Waals surface area contributed by atoms with Gasteiger partial charge in [-0.1, -0.05) is 0 Å². The van der Waals surface area contributed by atoms with Crippen LogP contribution in [0, 0.1) is 5.82 Å². The molecule has 3 aromatic rings. The molecule has 0 bridgehead atoms. The lowest BCUT2D eigenvalue weighted by molar-refractivity contribution is -0.143. The smallest absolute Gasteiger partial charge is 0.407 e. The van der Waals surface area contributed by atoms with Gasteiger partial charge in [0.05, 0.1) is 30.5 Å². The Bertz CT molecular complexity index is 1330. The van der Waals surface area contributed by atoms with Crippen LogP contribution in [0.4, 0.5) is 41.2 Å². The molecular formula is C22H18F7N3O5. The van der Waals surface area contributed by atoms with Gasteiger partial charge in [-0.05, 0) is 36.4 Å².